The molecule has 0 radical (unpaired) electrons. The van der Waals surface area contributed by atoms with Crippen LogP contribution in [0, 0.1) is 0 Å². The fourth-order valence-corrected chi connectivity index (χ4v) is 4.67. The number of carbonyl (C=O) groups is 2. The van der Waals surface area contributed by atoms with E-state index in [2.05, 4.69) is 5.32 Å². The van der Waals surface area contributed by atoms with Crippen LogP contribution < -0.4 is 24.4 Å². The van der Waals surface area contributed by atoms with Crippen LogP contribution >= 0.6 is 0 Å². The predicted molar refractivity (Wildman–Crippen MR) is 134 cm³/mol. The van der Waals surface area contributed by atoms with E-state index < -0.39 is 6.04 Å². The zero-order valence-electron chi connectivity index (χ0n) is 19.6. The molecule has 0 bridgehead atoms. The van der Waals surface area contributed by atoms with Crippen LogP contribution in [0.2, 0.25) is 0 Å². The van der Waals surface area contributed by atoms with Gasteiger partial charge in [0, 0.05) is 11.8 Å². The lowest BCUT2D eigenvalue weighted by Gasteiger charge is -2.19. The summed E-state index contributed by atoms with van der Waals surface area (Å²) in [5.41, 5.74) is 3.11. The molecule has 2 amide bonds. The van der Waals surface area contributed by atoms with Crippen LogP contribution in [0.5, 0.6) is 17.2 Å². The summed E-state index contributed by atoms with van der Waals surface area (Å²) >= 11 is 0. The van der Waals surface area contributed by atoms with Gasteiger partial charge in [-0.25, -0.2) is 4.98 Å². The standard InChI is InChI=1S/C27H24N4O5/c1-34-19-9-6-17(7-10-19)16-30-26(33)22(31-21-5-3-2-4-20(21)29-27(30)31)15-25(32)28-18-8-11-23-24(14-18)36-13-12-35-23/h2-11,14,22H,12-13,15-16H2,1H3,(H,28,32)/t22-/m0/s1. The molecule has 1 aromatic heterocycles. The van der Waals surface area contributed by atoms with Gasteiger partial charge >= 0.3 is 0 Å². The molecule has 36 heavy (non-hydrogen) atoms. The number of carbonyl (C=O) groups excluding carboxylic acids is 2. The van der Waals surface area contributed by atoms with E-state index >= 15 is 0 Å². The lowest BCUT2D eigenvalue weighted by Crippen LogP contribution is -2.31. The van der Waals surface area contributed by atoms with E-state index in [0.29, 0.717) is 42.9 Å². The first-order valence-electron chi connectivity index (χ1n) is 11.7. The number of ether oxygens (including phenoxy) is 3. The second-order valence-electron chi connectivity index (χ2n) is 8.67. The molecule has 0 spiro atoms. The van der Waals surface area contributed by atoms with Crippen LogP contribution in [0.25, 0.3) is 11.0 Å². The van der Waals surface area contributed by atoms with Gasteiger partial charge in [-0.2, -0.15) is 0 Å². The van der Waals surface area contributed by atoms with Gasteiger partial charge in [-0.1, -0.05) is 24.3 Å². The van der Waals surface area contributed by atoms with E-state index in [-0.39, 0.29) is 18.2 Å². The number of hydrogen-bond acceptors (Lipinski definition) is 6. The molecule has 0 saturated carbocycles. The first-order chi connectivity index (χ1) is 17.6. The van der Waals surface area contributed by atoms with Crippen molar-refractivity contribution in [1.29, 1.82) is 0 Å². The van der Waals surface area contributed by atoms with Crippen LogP contribution in [0.15, 0.2) is 66.7 Å². The molecule has 0 saturated heterocycles. The Hall–Kier alpha value is -4.53. The van der Waals surface area contributed by atoms with Crippen molar-refractivity contribution in [2.24, 2.45) is 0 Å². The van der Waals surface area contributed by atoms with E-state index in [9.17, 15) is 9.59 Å². The van der Waals surface area contributed by atoms with E-state index in [4.69, 9.17) is 19.2 Å². The number of benzene rings is 3. The molecule has 9 heteroatoms. The van der Waals surface area contributed by atoms with Gasteiger partial charge in [0.1, 0.15) is 25.0 Å². The van der Waals surface area contributed by atoms with Crippen molar-refractivity contribution in [2.75, 3.05) is 30.5 Å². The first kappa shape index (κ1) is 22.0. The summed E-state index contributed by atoms with van der Waals surface area (Å²) in [5, 5.41) is 2.89. The van der Waals surface area contributed by atoms with Gasteiger partial charge in [0.25, 0.3) is 5.91 Å². The third-order valence-corrected chi connectivity index (χ3v) is 6.39. The zero-order valence-corrected chi connectivity index (χ0v) is 19.6. The van der Waals surface area contributed by atoms with Crippen molar-refractivity contribution in [1.82, 2.24) is 9.55 Å². The Morgan fingerprint density at radius 3 is 2.64 bits per heavy atom. The third kappa shape index (κ3) is 3.88. The number of imidazole rings is 1. The van der Waals surface area contributed by atoms with Gasteiger partial charge in [-0.15, -0.1) is 0 Å². The zero-order chi connectivity index (χ0) is 24.6. The van der Waals surface area contributed by atoms with E-state index in [1.165, 1.54) is 0 Å². The highest BCUT2D eigenvalue weighted by atomic mass is 16.6. The number of amides is 2. The van der Waals surface area contributed by atoms with Gasteiger partial charge in [-0.3, -0.25) is 19.1 Å². The van der Waals surface area contributed by atoms with Crippen molar-refractivity contribution >= 4 is 34.5 Å². The number of para-hydroxylation sites is 2. The van der Waals surface area contributed by atoms with Crippen LogP contribution in [-0.4, -0.2) is 41.7 Å². The minimum absolute atomic E-state index is 0.0280. The Balaban J connectivity index is 1.27. The van der Waals surface area contributed by atoms with Gasteiger partial charge in [0.05, 0.1) is 31.1 Å². The van der Waals surface area contributed by atoms with Crippen molar-refractivity contribution in [3.8, 4) is 17.2 Å². The summed E-state index contributed by atoms with van der Waals surface area (Å²) in [4.78, 5) is 33.1. The van der Waals surface area contributed by atoms with Gasteiger partial charge < -0.3 is 19.5 Å². The molecule has 0 unspecified atom stereocenters. The second-order valence-corrected chi connectivity index (χ2v) is 8.67. The number of rotatable bonds is 6. The molecule has 2 aliphatic rings. The molecule has 3 aromatic carbocycles. The summed E-state index contributed by atoms with van der Waals surface area (Å²) in [6.45, 7) is 1.30. The highest BCUT2D eigenvalue weighted by Gasteiger charge is 2.41. The monoisotopic (exact) mass is 484 g/mol. The van der Waals surface area contributed by atoms with Crippen LogP contribution in [-0.2, 0) is 16.1 Å². The Kier molecular flexibility index (Phi) is 5.44. The largest absolute Gasteiger partial charge is 0.497 e. The highest BCUT2D eigenvalue weighted by molar-refractivity contribution is 6.05. The molecule has 9 nitrogen and oxygen atoms in total. The van der Waals surface area contributed by atoms with Crippen molar-refractivity contribution in [3.63, 3.8) is 0 Å². The van der Waals surface area contributed by atoms with E-state index in [0.717, 1.165) is 22.3 Å². The normalized spacial score (nSPS) is 16.2. The average Bonchev–Trinajstić information content (AvgIpc) is 3.39. The Morgan fingerprint density at radius 1 is 1.06 bits per heavy atom. The summed E-state index contributed by atoms with van der Waals surface area (Å²) < 4.78 is 18.3. The molecule has 1 N–H and O–H groups in total. The molecule has 3 heterocycles. The minimum atomic E-state index is -0.706. The summed E-state index contributed by atoms with van der Waals surface area (Å²) in [6.07, 6.45) is -0.0280. The fourth-order valence-electron chi connectivity index (χ4n) is 4.67. The van der Waals surface area contributed by atoms with Gasteiger partial charge in [-0.05, 0) is 42.0 Å². The van der Waals surface area contributed by atoms with Crippen LogP contribution in [0.3, 0.4) is 0 Å². The maximum atomic E-state index is 13.6. The van der Waals surface area contributed by atoms with Gasteiger partial charge in [0.15, 0.2) is 11.5 Å². The molecule has 0 aliphatic carbocycles. The fraction of sp³-hybridized carbons (Fsp3) is 0.222. The quantitative estimate of drug-likeness (QED) is 0.446. The third-order valence-electron chi connectivity index (χ3n) is 6.39. The SMILES string of the molecule is COc1ccc(CN2C(=O)[C@H](CC(=O)Nc3ccc4c(c3)OCCO4)n3c2nc2ccccc23)cc1. The Bertz CT molecular complexity index is 1460. The Morgan fingerprint density at radius 2 is 1.83 bits per heavy atom. The number of aromatic nitrogens is 2. The predicted octanol–water partition coefficient (Wildman–Crippen LogP) is 3.93. The number of hydrogen-bond donors (Lipinski definition) is 1. The number of nitrogens with one attached hydrogen (secondary N) is 1. The molecular weight excluding hydrogens is 460 g/mol. The molecule has 2 aliphatic heterocycles. The number of fused-ring (bicyclic) bond motifs is 4. The van der Waals surface area contributed by atoms with Crippen molar-refractivity contribution in [2.45, 2.75) is 19.0 Å². The van der Waals surface area contributed by atoms with Crippen LogP contribution in [0.1, 0.15) is 18.0 Å². The number of methoxy groups -OCH3 is 1. The van der Waals surface area contributed by atoms with Crippen molar-refractivity contribution in [3.05, 3.63) is 72.3 Å². The Labute approximate surface area is 207 Å². The molecule has 1 atom stereocenters. The minimum Gasteiger partial charge on any atom is -0.497 e. The molecular formula is C27H24N4O5. The molecule has 6 rings (SSSR count). The van der Waals surface area contributed by atoms with Crippen molar-refractivity contribution < 1.29 is 23.8 Å². The van der Waals surface area contributed by atoms with Crippen LogP contribution in [0.4, 0.5) is 11.6 Å². The topological polar surface area (TPSA) is 94.9 Å². The summed E-state index contributed by atoms with van der Waals surface area (Å²) in [6, 6.07) is 19.7. The van der Waals surface area contributed by atoms with E-state index in [1.54, 1.807) is 30.2 Å². The average molecular weight is 485 g/mol. The highest BCUT2D eigenvalue weighted by Crippen LogP contribution is 2.38. The number of nitrogens with zero attached hydrogens (tertiary/aromatic N) is 3. The molecule has 182 valence electrons. The summed E-state index contributed by atoms with van der Waals surface area (Å²) in [5.74, 6) is 2.07. The molecule has 0 fully saturated rings. The smallest absolute Gasteiger partial charge is 0.253 e. The maximum Gasteiger partial charge on any atom is 0.253 e. The molecule has 4 aromatic rings. The first-order valence-corrected chi connectivity index (χ1v) is 11.7. The van der Waals surface area contributed by atoms with Gasteiger partial charge in [0.2, 0.25) is 11.9 Å². The lowest BCUT2D eigenvalue weighted by molar-refractivity contribution is -0.124. The second kappa shape index (κ2) is 8.92. The van der Waals surface area contributed by atoms with E-state index in [1.807, 2.05) is 53.1 Å². The summed E-state index contributed by atoms with van der Waals surface area (Å²) in [7, 11) is 1.61. The lowest BCUT2D eigenvalue weighted by atomic mass is 10.1. The maximum absolute atomic E-state index is 13.6. The number of anilines is 2.